The summed E-state index contributed by atoms with van der Waals surface area (Å²) < 4.78 is 2.23. The van der Waals surface area contributed by atoms with Crippen molar-refractivity contribution in [1.82, 2.24) is 4.98 Å². The highest BCUT2D eigenvalue weighted by Gasteiger charge is 1.97. The van der Waals surface area contributed by atoms with Crippen LogP contribution in [0, 0.1) is 0 Å². The van der Waals surface area contributed by atoms with Gasteiger partial charge >= 0.3 is 0 Å². The van der Waals surface area contributed by atoms with Crippen LogP contribution in [0.2, 0.25) is 0 Å². The van der Waals surface area contributed by atoms with Gasteiger partial charge < -0.3 is 15.0 Å². The largest absolute Gasteiger partial charge is 0.565 e. The smallest absolute Gasteiger partial charge is 0.249 e. The fourth-order valence-electron chi connectivity index (χ4n) is 2.60. The summed E-state index contributed by atoms with van der Waals surface area (Å²) in [6, 6.07) is 0. The van der Waals surface area contributed by atoms with Crippen molar-refractivity contribution in [3.63, 3.8) is 0 Å². The van der Waals surface area contributed by atoms with Crippen LogP contribution >= 0.6 is 0 Å². The van der Waals surface area contributed by atoms with Crippen molar-refractivity contribution in [2.45, 2.75) is 90.5 Å². The van der Waals surface area contributed by atoms with Gasteiger partial charge in [-0.3, -0.25) is 4.98 Å². The second-order valence-electron chi connectivity index (χ2n) is 6.00. The van der Waals surface area contributed by atoms with Gasteiger partial charge in [0, 0.05) is 0 Å². The number of H-pyrrole nitrogens is 1. The minimum absolute atomic E-state index is 1.17. The van der Waals surface area contributed by atoms with Crippen LogP contribution in [0.4, 0.5) is 4.79 Å². The Labute approximate surface area is 140 Å². The van der Waals surface area contributed by atoms with Crippen LogP contribution < -0.4 is 9.67 Å². The SMILES string of the molecule is CCCCCCCCCCCCCC[n+]1cc[nH]c1.O=C([O-])O. The lowest BCUT2D eigenvalue weighted by Gasteiger charge is -2.02. The lowest BCUT2D eigenvalue weighted by Crippen LogP contribution is -2.30. The minimum atomic E-state index is -2.08. The predicted molar refractivity (Wildman–Crippen MR) is 90.1 cm³/mol. The van der Waals surface area contributed by atoms with Crippen molar-refractivity contribution < 1.29 is 19.6 Å². The number of unbranched alkanes of at least 4 members (excludes halogenated alkanes) is 11. The molecular weight excluding hydrogens is 292 g/mol. The topological polar surface area (TPSA) is 80.0 Å². The van der Waals surface area contributed by atoms with Gasteiger partial charge in [0.2, 0.25) is 12.5 Å². The number of nitrogens with zero attached hydrogens (tertiary/aromatic N) is 1. The summed E-state index contributed by atoms with van der Waals surface area (Å²) in [5.41, 5.74) is 0. The standard InChI is InChI=1S/C17H32N2.CH2O3/c1-2-3-4-5-6-7-8-9-10-11-12-13-15-19-16-14-18-17-19;2-1(3)4/h14,16-17H,2-13,15H2,1H3;(H2,2,3,4). The third-order valence-corrected chi connectivity index (χ3v) is 3.87. The van der Waals surface area contributed by atoms with Crippen LogP contribution in [0.5, 0.6) is 0 Å². The van der Waals surface area contributed by atoms with Crippen molar-refractivity contribution in [2.75, 3.05) is 0 Å². The minimum Gasteiger partial charge on any atom is -0.565 e. The van der Waals surface area contributed by atoms with E-state index >= 15 is 0 Å². The average Bonchev–Trinajstić information content (AvgIpc) is 3.01. The summed E-state index contributed by atoms with van der Waals surface area (Å²) in [6.45, 7) is 3.45. The lowest BCUT2D eigenvalue weighted by atomic mass is 10.1. The quantitative estimate of drug-likeness (QED) is 0.426. The summed E-state index contributed by atoms with van der Waals surface area (Å²) in [5.74, 6) is 0. The normalized spacial score (nSPS) is 10.1. The predicted octanol–water partition coefficient (Wildman–Crippen LogP) is 3.89. The molecule has 0 amide bonds. The molecule has 0 bridgehead atoms. The number of aromatic amines is 1. The number of hydrogen-bond donors (Lipinski definition) is 2. The van der Waals surface area contributed by atoms with E-state index in [1.807, 2.05) is 12.5 Å². The van der Waals surface area contributed by atoms with Crippen LogP contribution in [0.3, 0.4) is 0 Å². The van der Waals surface area contributed by atoms with Gasteiger partial charge in [0.1, 0.15) is 12.4 Å². The van der Waals surface area contributed by atoms with Crippen molar-refractivity contribution in [3.05, 3.63) is 18.7 Å². The number of carboxylic acid groups (broad SMARTS) is 2. The van der Waals surface area contributed by atoms with E-state index in [2.05, 4.69) is 22.7 Å². The fourth-order valence-corrected chi connectivity index (χ4v) is 2.60. The van der Waals surface area contributed by atoms with Gasteiger partial charge in [-0.25, -0.2) is 4.57 Å². The molecule has 0 saturated heterocycles. The summed E-state index contributed by atoms with van der Waals surface area (Å²) in [5, 5.41) is 15.3. The van der Waals surface area contributed by atoms with Gasteiger partial charge in [-0.2, -0.15) is 0 Å². The van der Waals surface area contributed by atoms with E-state index in [4.69, 9.17) is 15.0 Å². The number of carbonyl (C=O) groups is 1. The molecule has 0 fully saturated rings. The molecule has 0 aliphatic rings. The summed E-state index contributed by atoms with van der Waals surface area (Å²) in [6.07, 6.45) is 21.1. The van der Waals surface area contributed by atoms with Gasteiger partial charge in [0.05, 0.1) is 6.54 Å². The molecule has 1 rings (SSSR count). The highest BCUT2D eigenvalue weighted by atomic mass is 16.6. The first-order chi connectivity index (χ1) is 11.2. The summed E-state index contributed by atoms with van der Waals surface area (Å²) in [4.78, 5) is 11.5. The van der Waals surface area contributed by atoms with Gasteiger partial charge in [0.15, 0.2) is 0 Å². The average molecular weight is 326 g/mol. The fraction of sp³-hybridized carbons (Fsp3) is 0.778. The Kier molecular flexibility index (Phi) is 15.7. The maximum atomic E-state index is 8.44. The maximum Gasteiger partial charge on any atom is 0.249 e. The Morgan fingerprint density at radius 1 is 0.957 bits per heavy atom. The molecule has 1 aromatic heterocycles. The zero-order chi connectivity index (χ0) is 17.2. The van der Waals surface area contributed by atoms with E-state index < -0.39 is 6.16 Å². The number of imidazole rings is 1. The zero-order valence-electron chi connectivity index (χ0n) is 14.6. The molecule has 0 radical (unpaired) electrons. The Balaban J connectivity index is 0.00000108. The molecule has 134 valence electrons. The molecule has 0 aliphatic carbocycles. The molecule has 0 unspecified atom stereocenters. The summed E-state index contributed by atoms with van der Waals surface area (Å²) in [7, 11) is 0. The molecule has 1 heterocycles. The molecule has 23 heavy (non-hydrogen) atoms. The Morgan fingerprint density at radius 3 is 1.78 bits per heavy atom. The van der Waals surface area contributed by atoms with Crippen LogP contribution in [0.1, 0.15) is 84.0 Å². The van der Waals surface area contributed by atoms with E-state index in [0.717, 1.165) is 0 Å². The highest BCUT2D eigenvalue weighted by Crippen LogP contribution is 2.11. The molecule has 0 aromatic carbocycles. The monoisotopic (exact) mass is 326 g/mol. The second kappa shape index (κ2) is 16.8. The van der Waals surface area contributed by atoms with E-state index in [1.165, 1.54) is 83.6 Å². The molecule has 5 nitrogen and oxygen atoms in total. The van der Waals surface area contributed by atoms with E-state index in [-0.39, 0.29) is 0 Å². The van der Waals surface area contributed by atoms with Crippen LogP contribution in [-0.4, -0.2) is 16.2 Å². The molecule has 2 N–H and O–H groups in total. The van der Waals surface area contributed by atoms with Gasteiger partial charge in [-0.1, -0.05) is 71.1 Å². The molecule has 5 heteroatoms. The zero-order valence-corrected chi connectivity index (χ0v) is 14.6. The summed E-state index contributed by atoms with van der Waals surface area (Å²) >= 11 is 0. The van der Waals surface area contributed by atoms with Gasteiger partial charge in [-0.05, 0) is 12.8 Å². The number of aryl methyl sites for hydroxylation is 1. The van der Waals surface area contributed by atoms with Crippen molar-refractivity contribution in [3.8, 4) is 0 Å². The third kappa shape index (κ3) is 18.4. The maximum absolute atomic E-state index is 8.44. The number of rotatable bonds is 13. The first-order valence-corrected chi connectivity index (χ1v) is 9.08. The van der Waals surface area contributed by atoms with E-state index in [1.54, 1.807) is 0 Å². The molecule has 0 spiro atoms. The highest BCUT2D eigenvalue weighted by molar-refractivity contribution is 5.50. The molecule has 1 aromatic rings. The number of hydrogen-bond acceptors (Lipinski definition) is 2. The molecule has 0 aliphatic heterocycles. The molecular formula is C18H34N2O3. The molecule has 0 atom stereocenters. The van der Waals surface area contributed by atoms with Gasteiger partial charge in [0.25, 0.3) is 0 Å². The Morgan fingerprint density at radius 2 is 1.39 bits per heavy atom. The van der Waals surface area contributed by atoms with E-state index in [0.29, 0.717) is 0 Å². The van der Waals surface area contributed by atoms with Crippen LogP contribution in [0.25, 0.3) is 0 Å². The van der Waals surface area contributed by atoms with Crippen LogP contribution in [0.15, 0.2) is 18.7 Å². The van der Waals surface area contributed by atoms with Crippen LogP contribution in [-0.2, 0) is 6.54 Å². The first-order valence-electron chi connectivity index (χ1n) is 9.08. The molecule has 0 saturated carbocycles. The second-order valence-corrected chi connectivity index (χ2v) is 6.00. The van der Waals surface area contributed by atoms with Crippen molar-refractivity contribution in [2.24, 2.45) is 0 Å². The Hall–Kier alpha value is -1.52. The lowest BCUT2D eigenvalue weighted by molar-refractivity contribution is -0.696. The third-order valence-electron chi connectivity index (χ3n) is 3.87. The first kappa shape index (κ1) is 21.5. The van der Waals surface area contributed by atoms with Gasteiger partial charge in [-0.15, -0.1) is 0 Å². The Bertz CT molecular complexity index is 349. The van der Waals surface area contributed by atoms with Crippen molar-refractivity contribution in [1.29, 1.82) is 0 Å². The van der Waals surface area contributed by atoms with E-state index in [9.17, 15) is 0 Å². The number of aromatic nitrogens is 2. The van der Waals surface area contributed by atoms with Crippen molar-refractivity contribution >= 4 is 6.16 Å². The number of nitrogens with one attached hydrogen (secondary N) is 1.